The molecule has 4 heteroatoms. The lowest BCUT2D eigenvalue weighted by Crippen LogP contribution is -2.19. The number of ether oxygens (including phenoxy) is 2. The number of halogens is 1. The summed E-state index contributed by atoms with van der Waals surface area (Å²) in [5.41, 5.74) is 6.78. The van der Waals surface area contributed by atoms with Gasteiger partial charge < -0.3 is 15.2 Å². The standard InChI is InChI=1S/C12H18ClNO2/c1-8(7-15-3)16-12-5-4-10(13)6-11(12)9(2)14/h4-6,8-9H,7,14H2,1-3H3. The molecule has 1 rings (SSSR count). The van der Waals surface area contributed by atoms with Gasteiger partial charge in [0.1, 0.15) is 11.9 Å². The Morgan fingerprint density at radius 2 is 2.06 bits per heavy atom. The van der Waals surface area contributed by atoms with Gasteiger partial charge in [-0.25, -0.2) is 0 Å². The van der Waals surface area contributed by atoms with Crippen LogP contribution in [-0.2, 0) is 4.74 Å². The lowest BCUT2D eigenvalue weighted by Gasteiger charge is -2.18. The number of benzene rings is 1. The minimum Gasteiger partial charge on any atom is -0.488 e. The Bertz CT molecular complexity index is 342. The minimum absolute atomic E-state index is 0.0105. The molecule has 0 amide bonds. The van der Waals surface area contributed by atoms with E-state index in [1.807, 2.05) is 26.0 Å². The molecule has 1 aromatic rings. The van der Waals surface area contributed by atoms with Gasteiger partial charge in [-0.2, -0.15) is 0 Å². The van der Waals surface area contributed by atoms with Crippen molar-refractivity contribution in [1.29, 1.82) is 0 Å². The van der Waals surface area contributed by atoms with E-state index in [1.165, 1.54) is 0 Å². The van der Waals surface area contributed by atoms with E-state index in [-0.39, 0.29) is 12.1 Å². The fraction of sp³-hybridized carbons (Fsp3) is 0.500. The first-order valence-corrected chi connectivity index (χ1v) is 5.63. The van der Waals surface area contributed by atoms with Crippen LogP contribution in [0.5, 0.6) is 5.75 Å². The van der Waals surface area contributed by atoms with Gasteiger partial charge >= 0.3 is 0 Å². The van der Waals surface area contributed by atoms with Gasteiger partial charge in [0.25, 0.3) is 0 Å². The molecule has 0 aliphatic rings. The molecule has 3 nitrogen and oxygen atoms in total. The molecule has 0 heterocycles. The van der Waals surface area contributed by atoms with Crippen LogP contribution >= 0.6 is 11.6 Å². The van der Waals surface area contributed by atoms with Crippen LogP contribution < -0.4 is 10.5 Å². The highest BCUT2D eigenvalue weighted by molar-refractivity contribution is 6.30. The van der Waals surface area contributed by atoms with E-state index in [0.717, 1.165) is 11.3 Å². The van der Waals surface area contributed by atoms with Gasteiger partial charge in [0.15, 0.2) is 0 Å². The van der Waals surface area contributed by atoms with Crippen LogP contribution in [0.2, 0.25) is 5.02 Å². The van der Waals surface area contributed by atoms with Crippen LogP contribution in [0.25, 0.3) is 0 Å². The molecule has 0 radical (unpaired) electrons. The first kappa shape index (κ1) is 13.3. The molecule has 0 aliphatic heterocycles. The molecule has 16 heavy (non-hydrogen) atoms. The molecule has 0 aromatic heterocycles. The number of methoxy groups -OCH3 is 1. The molecule has 2 unspecified atom stereocenters. The molecule has 2 N–H and O–H groups in total. The summed E-state index contributed by atoms with van der Waals surface area (Å²) < 4.78 is 10.8. The van der Waals surface area contributed by atoms with Gasteiger partial charge in [0.2, 0.25) is 0 Å². The summed E-state index contributed by atoms with van der Waals surface area (Å²) in [6.45, 7) is 4.39. The monoisotopic (exact) mass is 243 g/mol. The number of hydrogen-bond donors (Lipinski definition) is 1. The summed E-state index contributed by atoms with van der Waals surface area (Å²) in [5, 5.41) is 0.666. The zero-order chi connectivity index (χ0) is 12.1. The fourth-order valence-electron chi connectivity index (χ4n) is 1.47. The second-order valence-corrected chi connectivity index (χ2v) is 4.29. The van der Waals surface area contributed by atoms with Crippen molar-refractivity contribution in [2.75, 3.05) is 13.7 Å². The summed E-state index contributed by atoms with van der Waals surface area (Å²) in [6, 6.07) is 5.36. The smallest absolute Gasteiger partial charge is 0.124 e. The van der Waals surface area contributed by atoms with Crippen molar-refractivity contribution in [2.45, 2.75) is 26.0 Å². The van der Waals surface area contributed by atoms with E-state index >= 15 is 0 Å². The number of hydrogen-bond acceptors (Lipinski definition) is 3. The van der Waals surface area contributed by atoms with Crippen molar-refractivity contribution in [1.82, 2.24) is 0 Å². The maximum atomic E-state index is 5.92. The van der Waals surface area contributed by atoms with Gasteiger partial charge in [-0.3, -0.25) is 0 Å². The van der Waals surface area contributed by atoms with Crippen molar-refractivity contribution in [3.05, 3.63) is 28.8 Å². The molecule has 0 spiro atoms. The van der Waals surface area contributed by atoms with E-state index in [1.54, 1.807) is 13.2 Å². The average molecular weight is 244 g/mol. The van der Waals surface area contributed by atoms with Gasteiger partial charge in [-0.15, -0.1) is 0 Å². The zero-order valence-electron chi connectivity index (χ0n) is 9.87. The van der Waals surface area contributed by atoms with Crippen molar-refractivity contribution in [3.8, 4) is 5.75 Å². The molecule has 0 saturated heterocycles. The quantitative estimate of drug-likeness (QED) is 0.865. The molecular weight excluding hydrogens is 226 g/mol. The summed E-state index contributed by atoms with van der Waals surface area (Å²) in [6.07, 6.45) is -0.0105. The third-order valence-corrected chi connectivity index (χ3v) is 2.43. The Labute approximate surface area is 101 Å². The number of rotatable bonds is 5. The highest BCUT2D eigenvalue weighted by atomic mass is 35.5. The Morgan fingerprint density at radius 1 is 1.38 bits per heavy atom. The molecule has 90 valence electrons. The summed E-state index contributed by atoms with van der Waals surface area (Å²) in [7, 11) is 1.65. The van der Waals surface area contributed by atoms with Crippen molar-refractivity contribution < 1.29 is 9.47 Å². The zero-order valence-corrected chi connectivity index (χ0v) is 10.6. The van der Waals surface area contributed by atoms with Gasteiger partial charge in [0, 0.05) is 23.7 Å². The Morgan fingerprint density at radius 3 is 2.62 bits per heavy atom. The summed E-state index contributed by atoms with van der Waals surface area (Å²) >= 11 is 5.92. The lowest BCUT2D eigenvalue weighted by atomic mass is 10.1. The Balaban J connectivity index is 2.86. The fourth-order valence-corrected chi connectivity index (χ4v) is 1.65. The van der Waals surface area contributed by atoms with Crippen molar-refractivity contribution in [2.24, 2.45) is 5.73 Å². The van der Waals surface area contributed by atoms with Crippen LogP contribution in [0.1, 0.15) is 25.5 Å². The summed E-state index contributed by atoms with van der Waals surface area (Å²) in [5.74, 6) is 0.768. The Hall–Kier alpha value is -0.770. The van der Waals surface area contributed by atoms with E-state index in [9.17, 15) is 0 Å². The van der Waals surface area contributed by atoms with Crippen molar-refractivity contribution >= 4 is 11.6 Å². The lowest BCUT2D eigenvalue weighted by molar-refractivity contribution is 0.0912. The minimum atomic E-state index is -0.108. The molecule has 0 fully saturated rings. The topological polar surface area (TPSA) is 44.5 Å². The maximum absolute atomic E-state index is 5.92. The van der Waals surface area contributed by atoms with E-state index < -0.39 is 0 Å². The molecule has 0 bridgehead atoms. The molecule has 0 saturated carbocycles. The van der Waals surface area contributed by atoms with Crippen LogP contribution in [0.3, 0.4) is 0 Å². The summed E-state index contributed by atoms with van der Waals surface area (Å²) in [4.78, 5) is 0. The van der Waals surface area contributed by atoms with Crippen LogP contribution in [0.15, 0.2) is 18.2 Å². The van der Waals surface area contributed by atoms with Crippen molar-refractivity contribution in [3.63, 3.8) is 0 Å². The van der Waals surface area contributed by atoms with Gasteiger partial charge in [0.05, 0.1) is 6.61 Å². The normalized spacial score (nSPS) is 14.6. The first-order chi connectivity index (χ1) is 7.54. The van der Waals surface area contributed by atoms with E-state index in [0.29, 0.717) is 11.6 Å². The van der Waals surface area contributed by atoms with E-state index in [2.05, 4.69) is 0 Å². The van der Waals surface area contributed by atoms with Crippen LogP contribution in [0.4, 0.5) is 0 Å². The second-order valence-electron chi connectivity index (χ2n) is 3.85. The Kier molecular flexibility index (Phi) is 5.06. The third-order valence-electron chi connectivity index (χ3n) is 2.19. The third kappa shape index (κ3) is 3.67. The number of nitrogens with two attached hydrogens (primary N) is 1. The van der Waals surface area contributed by atoms with Crippen LogP contribution in [-0.4, -0.2) is 19.8 Å². The highest BCUT2D eigenvalue weighted by Gasteiger charge is 2.11. The molecule has 2 atom stereocenters. The molecule has 1 aromatic carbocycles. The highest BCUT2D eigenvalue weighted by Crippen LogP contribution is 2.27. The molecule has 0 aliphatic carbocycles. The average Bonchev–Trinajstić information content (AvgIpc) is 2.20. The van der Waals surface area contributed by atoms with Gasteiger partial charge in [-0.05, 0) is 32.0 Å². The largest absolute Gasteiger partial charge is 0.488 e. The van der Waals surface area contributed by atoms with Crippen LogP contribution in [0, 0.1) is 0 Å². The maximum Gasteiger partial charge on any atom is 0.124 e. The molecular formula is C12H18ClNO2. The predicted molar refractivity (Wildman–Crippen MR) is 66.0 cm³/mol. The predicted octanol–water partition coefficient (Wildman–Crippen LogP) is 2.77. The SMILES string of the molecule is COCC(C)Oc1ccc(Cl)cc1C(C)N. The first-order valence-electron chi connectivity index (χ1n) is 5.25. The second kappa shape index (κ2) is 6.09. The van der Waals surface area contributed by atoms with Gasteiger partial charge in [-0.1, -0.05) is 11.6 Å². The van der Waals surface area contributed by atoms with E-state index in [4.69, 9.17) is 26.8 Å².